The van der Waals surface area contributed by atoms with Gasteiger partial charge in [0.25, 0.3) is 5.92 Å². The highest BCUT2D eigenvalue weighted by Gasteiger charge is 2.36. The van der Waals surface area contributed by atoms with E-state index in [1.165, 1.54) is 0 Å². The molecule has 0 amide bonds. The number of aryl methyl sites for hydroxylation is 1. The molecule has 6 heteroatoms. The van der Waals surface area contributed by atoms with Crippen LogP contribution in [-0.2, 0) is 24.1 Å². The van der Waals surface area contributed by atoms with Crippen LogP contribution in [0.1, 0.15) is 22.0 Å². The number of hydrogen-bond acceptors (Lipinski definition) is 3. The van der Waals surface area contributed by atoms with Crippen molar-refractivity contribution in [2.75, 3.05) is 0 Å². The fraction of sp³-hybridized carbons (Fsp3) is 0.556. The Morgan fingerprint density at radius 3 is 3.00 bits per heavy atom. The third-order valence-electron chi connectivity index (χ3n) is 2.27. The molecule has 0 radical (unpaired) electrons. The third kappa shape index (κ3) is 2.31. The topological polar surface area (TPSA) is 50.2 Å². The second-order valence-electron chi connectivity index (χ2n) is 3.58. The minimum Gasteiger partial charge on any atom is -0.481 e. The zero-order valence-corrected chi connectivity index (χ0v) is 8.61. The van der Waals surface area contributed by atoms with Crippen molar-refractivity contribution in [3.63, 3.8) is 0 Å². The summed E-state index contributed by atoms with van der Waals surface area (Å²) in [7, 11) is 0. The first-order valence-electron chi connectivity index (χ1n) is 4.53. The molecule has 1 N–H and O–H groups in total. The molecule has 0 bridgehead atoms. The first kappa shape index (κ1) is 10.5. The molecule has 15 heavy (non-hydrogen) atoms. The predicted octanol–water partition coefficient (Wildman–Crippen LogP) is 1.89. The highest BCUT2D eigenvalue weighted by atomic mass is 32.1. The van der Waals surface area contributed by atoms with E-state index in [0.29, 0.717) is 15.6 Å². The SMILES string of the molecule is O=C(O)Cc1nc2c(s1)CC(F)(F)CC2. The summed E-state index contributed by atoms with van der Waals surface area (Å²) < 4.78 is 26.0. The number of rotatable bonds is 2. The molecule has 1 aromatic rings. The molecular weight excluding hydrogens is 224 g/mol. The smallest absolute Gasteiger partial charge is 0.310 e. The van der Waals surface area contributed by atoms with Crippen LogP contribution in [0, 0.1) is 0 Å². The second-order valence-corrected chi connectivity index (χ2v) is 4.75. The quantitative estimate of drug-likeness (QED) is 0.848. The molecule has 0 atom stereocenters. The average molecular weight is 233 g/mol. The summed E-state index contributed by atoms with van der Waals surface area (Å²) in [6.07, 6.45) is -0.405. The number of thiazole rings is 1. The van der Waals surface area contributed by atoms with E-state index in [9.17, 15) is 13.6 Å². The number of halogens is 2. The van der Waals surface area contributed by atoms with Crippen LogP contribution in [0.3, 0.4) is 0 Å². The molecule has 0 saturated heterocycles. The number of carbonyl (C=O) groups is 1. The van der Waals surface area contributed by atoms with Gasteiger partial charge in [-0.25, -0.2) is 13.8 Å². The van der Waals surface area contributed by atoms with Crippen LogP contribution in [-0.4, -0.2) is 22.0 Å². The molecule has 3 nitrogen and oxygen atoms in total. The van der Waals surface area contributed by atoms with Gasteiger partial charge in [0, 0.05) is 17.7 Å². The Bertz CT molecular complexity index is 403. The number of fused-ring (bicyclic) bond motifs is 1. The lowest BCUT2D eigenvalue weighted by Gasteiger charge is -2.19. The van der Waals surface area contributed by atoms with Crippen LogP contribution in [0.25, 0.3) is 0 Å². The number of nitrogens with zero attached hydrogens (tertiary/aromatic N) is 1. The first-order chi connectivity index (χ1) is 6.96. The third-order valence-corrected chi connectivity index (χ3v) is 3.37. The lowest BCUT2D eigenvalue weighted by molar-refractivity contribution is -0.136. The van der Waals surface area contributed by atoms with E-state index < -0.39 is 11.9 Å². The van der Waals surface area contributed by atoms with Crippen LogP contribution in [0.2, 0.25) is 0 Å². The summed E-state index contributed by atoms with van der Waals surface area (Å²) in [5.41, 5.74) is 0.655. The number of carboxylic acids is 1. The second kappa shape index (κ2) is 3.52. The Morgan fingerprint density at radius 1 is 1.60 bits per heavy atom. The summed E-state index contributed by atoms with van der Waals surface area (Å²) in [6, 6.07) is 0. The Balaban J connectivity index is 2.22. The van der Waals surface area contributed by atoms with Gasteiger partial charge in [0.1, 0.15) is 5.01 Å². The van der Waals surface area contributed by atoms with E-state index >= 15 is 0 Å². The van der Waals surface area contributed by atoms with Crippen molar-refractivity contribution in [1.29, 1.82) is 0 Å². The van der Waals surface area contributed by atoms with E-state index in [0.717, 1.165) is 11.3 Å². The van der Waals surface area contributed by atoms with Gasteiger partial charge in [0.05, 0.1) is 12.1 Å². The maximum Gasteiger partial charge on any atom is 0.310 e. The van der Waals surface area contributed by atoms with Gasteiger partial charge in [-0.3, -0.25) is 4.79 Å². The minimum absolute atomic E-state index is 0.177. The van der Waals surface area contributed by atoms with E-state index in [2.05, 4.69) is 4.98 Å². The van der Waals surface area contributed by atoms with Gasteiger partial charge in [0.15, 0.2) is 0 Å². The van der Waals surface area contributed by atoms with Crippen molar-refractivity contribution in [3.8, 4) is 0 Å². The van der Waals surface area contributed by atoms with Gasteiger partial charge in [-0.2, -0.15) is 0 Å². The predicted molar refractivity (Wildman–Crippen MR) is 50.4 cm³/mol. The zero-order chi connectivity index (χ0) is 11.1. The molecule has 0 aliphatic heterocycles. The molecule has 0 fully saturated rings. The lowest BCUT2D eigenvalue weighted by atomic mass is 9.99. The van der Waals surface area contributed by atoms with Crippen LogP contribution >= 0.6 is 11.3 Å². The van der Waals surface area contributed by atoms with Crippen LogP contribution < -0.4 is 0 Å². The molecule has 1 aliphatic carbocycles. The Labute approximate surface area is 88.8 Å². The maximum atomic E-state index is 13.0. The zero-order valence-electron chi connectivity index (χ0n) is 7.80. The van der Waals surface area contributed by atoms with Crippen molar-refractivity contribution in [2.45, 2.75) is 31.6 Å². The van der Waals surface area contributed by atoms with Crippen molar-refractivity contribution >= 4 is 17.3 Å². The van der Waals surface area contributed by atoms with Crippen LogP contribution in [0.4, 0.5) is 8.78 Å². The highest BCUT2D eigenvalue weighted by Crippen LogP contribution is 2.35. The molecule has 0 unspecified atom stereocenters. The fourth-order valence-electron chi connectivity index (χ4n) is 1.60. The van der Waals surface area contributed by atoms with Gasteiger partial charge in [0.2, 0.25) is 0 Å². The normalized spacial score (nSPS) is 18.5. The average Bonchev–Trinajstić information content (AvgIpc) is 2.42. The van der Waals surface area contributed by atoms with E-state index in [4.69, 9.17) is 5.11 Å². The van der Waals surface area contributed by atoms with Crippen molar-refractivity contribution in [1.82, 2.24) is 4.98 Å². The Kier molecular flexibility index (Phi) is 2.46. The fourth-order valence-corrected chi connectivity index (χ4v) is 2.78. The largest absolute Gasteiger partial charge is 0.481 e. The Morgan fingerprint density at radius 2 is 2.33 bits per heavy atom. The summed E-state index contributed by atoms with van der Waals surface area (Å²) in [6.45, 7) is 0. The van der Waals surface area contributed by atoms with Crippen LogP contribution in [0.5, 0.6) is 0 Å². The van der Waals surface area contributed by atoms with Crippen molar-refractivity contribution in [2.24, 2.45) is 0 Å². The summed E-state index contributed by atoms with van der Waals surface area (Å²) in [5, 5.41) is 8.97. The minimum atomic E-state index is -2.65. The molecule has 0 spiro atoms. The van der Waals surface area contributed by atoms with Gasteiger partial charge in [-0.05, 0) is 6.42 Å². The Hall–Kier alpha value is -1.04. The monoisotopic (exact) mass is 233 g/mol. The number of aromatic nitrogens is 1. The molecule has 1 aromatic heterocycles. The molecule has 1 heterocycles. The van der Waals surface area contributed by atoms with Gasteiger partial charge < -0.3 is 5.11 Å². The maximum absolute atomic E-state index is 13.0. The molecular formula is C9H9F2NO2S. The van der Waals surface area contributed by atoms with E-state index in [1.807, 2.05) is 0 Å². The van der Waals surface area contributed by atoms with E-state index in [1.54, 1.807) is 0 Å². The molecule has 2 rings (SSSR count). The van der Waals surface area contributed by atoms with Crippen molar-refractivity contribution in [3.05, 3.63) is 15.6 Å². The summed E-state index contributed by atoms with van der Waals surface area (Å²) in [4.78, 5) is 15.0. The number of hydrogen-bond donors (Lipinski definition) is 1. The lowest BCUT2D eigenvalue weighted by Crippen LogP contribution is -2.24. The number of aliphatic carboxylic acids is 1. The van der Waals surface area contributed by atoms with Gasteiger partial charge >= 0.3 is 5.97 Å². The molecule has 0 aromatic carbocycles. The van der Waals surface area contributed by atoms with Gasteiger partial charge in [-0.1, -0.05) is 0 Å². The molecule has 0 saturated carbocycles. The number of alkyl halides is 2. The first-order valence-corrected chi connectivity index (χ1v) is 5.35. The number of carboxylic acid groups (broad SMARTS) is 1. The van der Waals surface area contributed by atoms with Crippen molar-refractivity contribution < 1.29 is 18.7 Å². The summed E-state index contributed by atoms with van der Waals surface area (Å²) in [5.74, 6) is -3.63. The molecule has 1 aliphatic rings. The highest BCUT2D eigenvalue weighted by molar-refractivity contribution is 7.11. The summed E-state index contributed by atoms with van der Waals surface area (Å²) >= 11 is 1.09. The van der Waals surface area contributed by atoms with E-state index in [-0.39, 0.29) is 25.7 Å². The van der Waals surface area contributed by atoms with Crippen LogP contribution in [0.15, 0.2) is 0 Å². The van der Waals surface area contributed by atoms with Gasteiger partial charge in [-0.15, -0.1) is 11.3 Å². The standard InChI is InChI=1S/C9H9F2NO2S/c10-9(11)2-1-5-6(4-9)15-7(12-5)3-8(13)14/h1-4H2,(H,13,14). The molecule has 82 valence electrons.